The molecule has 5 heteroatoms. The largest absolute Gasteiger partial charge is 0.345 e. The lowest BCUT2D eigenvalue weighted by molar-refractivity contribution is -0.130. The van der Waals surface area contributed by atoms with E-state index < -0.39 is 0 Å². The third kappa shape index (κ3) is 3.70. The Morgan fingerprint density at radius 1 is 1.05 bits per heavy atom. The minimum atomic E-state index is 0.137. The Balaban J connectivity index is 1.94. The van der Waals surface area contributed by atoms with Crippen LogP contribution in [0.1, 0.15) is 18.1 Å². The molecule has 0 atom stereocenters. The first kappa shape index (κ1) is 14.8. The van der Waals surface area contributed by atoms with Crippen molar-refractivity contribution in [1.29, 1.82) is 0 Å². The molecule has 0 aromatic heterocycles. The molecule has 1 fully saturated rings. The third-order valence-electron chi connectivity index (χ3n) is 3.49. The monoisotopic (exact) mass is 291 g/mol. The van der Waals surface area contributed by atoms with Crippen LogP contribution in [0, 0.1) is 13.8 Å². The predicted octanol–water partition coefficient (Wildman–Crippen LogP) is 2.16. The fraction of sp³-hybridized carbons (Fsp3) is 0.467. The van der Waals surface area contributed by atoms with Gasteiger partial charge < -0.3 is 15.1 Å². The molecule has 4 nitrogen and oxygen atoms in total. The molecule has 1 amide bonds. The first-order valence-electron chi connectivity index (χ1n) is 6.85. The van der Waals surface area contributed by atoms with Gasteiger partial charge in [0.25, 0.3) is 0 Å². The standard InChI is InChI=1S/C15H21N3OS/c1-11-8-12(2)10-14(9-11)16-15(20)18-6-4-17(5-7-18)13(3)19/h8-10H,4-7H2,1-3H3,(H,16,20). The van der Waals surface area contributed by atoms with E-state index in [-0.39, 0.29) is 5.91 Å². The highest BCUT2D eigenvalue weighted by atomic mass is 32.1. The molecule has 108 valence electrons. The molecule has 0 unspecified atom stereocenters. The summed E-state index contributed by atoms with van der Waals surface area (Å²) in [4.78, 5) is 15.3. The highest BCUT2D eigenvalue weighted by Crippen LogP contribution is 2.15. The second-order valence-corrected chi connectivity index (χ2v) is 5.69. The number of amides is 1. The number of nitrogens with zero attached hydrogens (tertiary/aromatic N) is 2. The second kappa shape index (κ2) is 6.22. The van der Waals surface area contributed by atoms with E-state index in [2.05, 4.69) is 42.3 Å². The van der Waals surface area contributed by atoms with Crippen LogP contribution in [0.5, 0.6) is 0 Å². The van der Waals surface area contributed by atoms with Gasteiger partial charge in [0.1, 0.15) is 0 Å². The van der Waals surface area contributed by atoms with Gasteiger partial charge in [-0.3, -0.25) is 4.79 Å². The Labute approximate surface area is 125 Å². The lowest BCUT2D eigenvalue weighted by Gasteiger charge is -2.35. The first-order valence-corrected chi connectivity index (χ1v) is 7.26. The molecule has 1 saturated heterocycles. The van der Waals surface area contributed by atoms with Crippen LogP contribution in [-0.2, 0) is 4.79 Å². The molecule has 1 aliphatic heterocycles. The molecule has 1 heterocycles. The Bertz CT molecular complexity index is 502. The van der Waals surface area contributed by atoms with Crippen molar-refractivity contribution >= 4 is 28.9 Å². The number of anilines is 1. The van der Waals surface area contributed by atoms with Gasteiger partial charge in [-0.2, -0.15) is 0 Å². The number of carbonyl (C=O) groups is 1. The predicted molar refractivity (Wildman–Crippen MR) is 86.0 cm³/mol. The van der Waals surface area contributed by atoms with Crippen molar-refractivity contribution in [2.45, 2.75) is 20.8 Å². The molecule has 0 radical (unpaired) electrons. The summed E-state index contributed by atoms with van der Waals surface area (Å²) in [5, 5.41) is 4.03. The van der Waals surface area contributed by atoms with Crippen molar-refractivity contribution < 1.29 is 4.79 Å². The van der Waals surface area contributed by atoms with E-state index in [1.165, 1.54) is 11.1 Å². The normalized spacial score (nSPS) is 15.2. The molecule has 2 rings (SSSR count). The van der Waals surface area contributed by atoms with Crippen molar-refractivity contribution in [2.24, 2.45) is 0 Å². The molecule has 1 aliphatic rings. The van der Waals surface area contributed by atoms with Crippen molar-refractivity contribution in [3.8, 4) is 0 Å². The maximum atomic E-state index is 11.3. The van der Waals surface area contributed by atoms with Crippen LogP contribution >= 0.6 is 12.2 Å². The number of nitrogens with one attached hydrogen (secondary N) is 1. The molecule has 1 N–H and O–H groups in total. The molecular weight excluding hydrogens is 270 g/mol. The topological polar surface area (TPSA) is 35.6 Å². The highest BCUT2D eigenvalue weighted by molar-refractivity contribution is 7.80. The van der Waals surface area contributed by atoms with Gasteiger partial charge in [-0.05, 0) is 49.3 Å². The van der Waals surface area contributed by atoms with Crippen molar-refractivity contribution in [3.05, 3.63) is 29.3 Å². The molecule has 0 bridgehead atoms. The van der Waals surface area contributed by atoms with Crippen LogP contribution in [0.2, 0.25) is 0 Å². The van der Waals surface area contributed by atoms with Crippen molar-refractivity contribution in [1.82, 2.24) is 9.80 Å². The number of aryl methyl sites for hydroxylation is 2. The van der Waals surface area contributed by atoms with E-state index >= 15 is 0 Å². The Morgan fingerprint density at radius 2 is 1.55 bits per heavy atom. The van der Waals surface area contributed by atoms with Crippen LogP contribution in [-0.4, -0.2) is 47.0 Å². The summed E-state index contributed by atoms with van der Waals surface area (Å²) < 4.78 is 0. The quantitative estimate of drug-likeness (QED) is 0.804. The summed E-state index contributed by atoms with van der Waals surface area (Å²) in [5.41, 5.74) is 3.47. The Kier molecular flexibility index (Phi) is 4.60. The summed E-state index contributed by atoms with van der Waals surface area (Å²) in [6.07, 6.45) is 0. The Hall–Kier alpha value is -1.62. The molecule has 1 aromatic carbocycles. The summed E-state index contributed by atoms with van der Waals surface area (Å²) in [7, 11) is 0. The first-order chi connectivity index (χ1) is 9.45. The maximum Gasteiger partial charge on any atom is 0.219 e. The minimum absolute atomic E-state index is 0.137. The number of rotatable bonds is 1. The average Bonchev–Trinajstić information content (AvgIpc) is 2.37. The number of hydrogen-bond acceptors (Lipinski definition) is 2. The summed E-state index contributed by atoms with van der Waals surface area (Å²) in [5.74, 6) is 0.137. The second-order valence-electron chi connectivity index (χ2n) is 5.30. The van der Waals surface area contributed by atoms with E-state index in [9.17, 15) is 4.79 Å². The van der Waals surface area contributed by atoms with Crippen LogP contribution in [0.25, 0.3) is 0 Å². The fourth-order valence-corrected chi connectivity index (χ4v) is 2.77. The van der Waals surface area contributed by atoms with Gasteiger partial charge in [0.05, 0.1) is 0 Å². The zero-order valence-corrected chi connectivity index (χ0v) is 13.1. The van der Waals surface area contributed by atoms with E-state index in [0.717, 1.165) is 37.0 Å². The van der Waals surface area contributed by atoms with Gasteiger partial charge in [0.15, 0.2) is 5.11 Å². The lowest BCUT2D eigenvalue weighted by Crippen LogP contribution is -2.51. The molecule has 0 aliphatic carbocycles. The smallest absolute Gasteiger partial charge is 0.219 e. The minimum Gasteiger partial charge on any atom is -0.345 e. The van der Waals surface area contributed by atoms with E-state index in [0.29, 0.717) is 0 Å². The van der Waals surface area contributed by atoms with Gasteiger partial charge in [-0.1, -0.05) is 6.07 Å². The van der Waals surface area contributed by atoms with Crippen molar-refractivity contribution in [3.63, 3.8) is 0 Å². The molecule has 0 spiro atoms. The summed E-state index contributed by atoms with van der Waals surface area (Å²) in [6, 6.07) is 6.32. The van der Waals surface area contributed by atoms with Crippen LogP contribution in [0.4, 0.5) is 5.69 Å². The maximum absolute atomic E-state index is 11.3. The Morgan fingerprint density at radius 3 is 2.05 bits per heavy atom. The summed E-state index contributed by atoms with van der Waals surface area (Å²) >= 11 is 5.46. The zero-order valence-electron chi connectivity index (χ0n) is 12.3. The average molecular weight is 291 g/mol. The van der Waals surface area contributed by atoms with Gasteiger partial charge in [-0.15, -0.1) is 0 Å². The lowest BCUT2D eigenvalue weighted by atomic mass is 10.1. The van der Waals surface area contributed by atoms with Crippen molar-refractivity contribution in [2.75, 3.05) is 31.5 Å². The number of hydrogen-bond donors (Lipinski definition) is 1. The zero-order chi connectivity index (χ0) is 14.7. The molecule has 1 aromatic rings. The van der Waals surface area contributed by atoms with E-state index in [1.807, 2.05) is 4.90 Å². The number of benzene rings is 1. The van der Waals surface area contributed by atoms with E-state index in [1.54, 1.807) is 6.92 Å². The van der Waals surface area contributed by atoms with Crippen LogP contribution in [0.15, 0.2) is 18.2 Å². The molecule has 20 heavy (non-hydrogen) atoms. The van der Waals surface area contributed by atoms with Gasteiger partial charge in [0.2, 0.25) is 5.91 Å². The number of piperazine rings is 1. The van der Waals surface area contributed by atoms with Gasteiger partial charge in [-0.25, -0.2) is 0 Å². The van der Waals surface area contributed by atoms with E-state index in [4.69, 9.17) is 12.2 Å². The van der Waals surface area contributed by atoms with Gasteiger partial charge in [0, 0.05) is 38.8 Å². The summed E-state index contributed by atoms with van der Waals surface area (Å²) in [6.45, 7) is 8.82. The third-order valence-corrected chi connectivity index (χ3v) is 3.85. The van der Waals surface area contributed by atoms with Gasteiger partial charge >= 0.3 is 0 Å². The van der Waals surface area contributed by atoms with Crippen LogP contribution < -0.4 is 5.32 Å². The molecular formula is C15H21N3OS. The molecule has 0 saturated carbocycles. The van der Waals surface area contributed by atoms with Crippen LogP contribution in [0.3, 0.4) is 0 Å². The fourth-order valence-electron chi connectivity index (χ4n) is 2.47. The number of thiocarbonyl (C=S) groups is 1. The SMILES string of the molecule is CC(=O)N1CCN(C(=S)Nc2cc(C)cc(C)c2)CC1. The number of carbonyl (C=O) groups excluding carboxylic acids is 1. The highest BCUT2D eigenvalue weighted by Gasteiger charge is 2.20.